The fraction of sp³-hybridized carbons (Fsp3) is 0.667. The summed E-state index contributed by atoms with van der Waals surface area (Å²) in [5.74, 6) is -1.24. The summed E-state index contributed by atoms with van der Waals surface area (Å²) in [6.07, 6.45) is 7.66. The number of carbonyl (C=O) groups is 2. The summed E-state index contributed by atoms with van der Waals surface area (Å²) >= 11 is 0. The first-order valence-corrected chi connectivity index (χ1v) is 5.85. The number of rotatable bonds is 3. The van der Waals surface area contributed by atoms with Crippen LogP contribution in [-0.4, -0.2) is 17.0 Å². The zero-order valence-electron chi connectivity index (χ0n) is 9.66. The molecule has 16 heavy (non-hydrogen) atoms. The number of aliphatic carboxylic acids is 1. The fourth-order valence-corrected chi connectivity index (χ4v) is 2.03. The first kappa shape index (κ1) is 12.7. The standard InChI is InChI=1S/C12H19NO3/c1-2-10(12(15)16)13-11(14)9-7-5-3-4-6-8-9/h2,9H,3-8H2,1H3,(H,13,14)(H,15,16)/b10-2-. The number of hydrogen-bond donors (Lipinski definition) is 2. The van der Waals surface area contributed by atoms with Gasteiger partial charge in [0.25, 0.3) is 0 Å². The molecule has 1 aliphatic carbocycles. The Bertz CT molecular complexity index is 289. The van der Waals surface area contributed by atoms with Gasteiger partial charge in [0.15, 0.2) is 0 Å². The molecule has 4 nitrogen and oxygen atoms in total. The van der Waals surface area contributed by atoms with Crippen LogP contribution in [0.25, 0.3) is 0 Å². The number of carboxylic acid groups (broad SMARTS) is 1. The van der Waals surface area contributed by atoms with Crippen molar-refractivity contribution in [2.75, 3.05) is 0 Å². The number of amides is 1. The molecule has 0 unspecified atom stereocenters. The summed E-state index contributed by atoms with van der Waals surface area (Å²) in [7, 11) is 0. The molecular formula is C12H19NO3. The van der Waals surface area contributed by atoms with Gasteiger partial charge in [-0.25, -0.2) is 4.79 Å². The predicted octanol–water partition coefficient (Wildman–Crippen LogP) is 2.06. The van der Waals surface area contributed by atoms with Gasteiger partial charge in [0.1, 0.15) is 5.70 Å². The molecule has 1 aliphatic rings. The minimum Gasteiger partial charge on any atom is -0.477 e. The third-order valence-electron chi connectivity index (χ3n) is 3.00. The van der Waals surface area contributed by atoms with Crippen LogP contribution in [0.2, 0.25) is 0 Å². The summed E-state index contributed by atoms with van der Waals surface area (Å²) in [4.78, 5) is 22.5. The average Bonchev–Trinajstić information content (AvgIpc) is 2.53. The van der Waals surface area contributed by atoms with E-state index >= 15 is 0 Å². The van der Waals surface area contributed by atoms with E-state index in [-0.39, 0.29) is 17.5 Å². The Balaban J connectivity index is 2.53. The monoisotopic (exact) mass is 225 g/mol. The third kappa shape index (κ3) is 3.68. The Kier molecular flexibility index (Phi) is 5.02. The molecule has 0 spiro atoms. The van der Waals surface area contributed by atoms with E-state index in [0.29, 0.717) is 0 Å². The maximum absolute atomic E-state index is 11.8. The van der Waals surface area contributed by atoms with Gasteiger partial charge in [-0.2, -0.15) is 0 Å². The number of hydrogen-bond acceptors (Lipinski definition) is 2. The highest BCUT2D eigenvalue weighted by Gasteiger charge is 2.21. The zero-order valence-corrected chi connectivity index (χ0v) is 9.66. The Morgan fingerprint density at radius 2 is 1.75 bits per heavy atom. The lowest BCUT2D eigenvalue weighted by Gasteiger charge is -2.14. The molecule has 1 fully saturated rings. The summed E-state index contributed by atoms with van der Waals surface area (Å²) < 4.78 is 0. The van der Waals surface area contributed by atoms with Crippen molar-refractivity contribution in [3.05, 3.63) is 11.8 Å². The second kappa shape index (κ2) is 6.30. The Labute approximate surface area is 95.7 Å². The van der Waals surface area contributed by atoms with Crippen LogP contribution in [0.15, 0.2) is 11.8 Å². The van der Waals surface area contributed by atoms with E-state index in [2.05, 4.69) is 5.32 Å². The van der Waals surface area contributed by atoms with Crippen LogP contribution >= 0.6 is 0 Å². The van der Waals surface area contributed by atoms with Crippen LogP contribution in [0.4, 0.5) is 0 Å². The van der Waals surface area contributed by atoms with Crippen LogP contribution in [0.5, 0.6) is 0 Å². The lowest BCUT2D eigenvalue weighted by atomic mass is 9.99. The highest BCUT2D eigenvalue weighted by Crippen LogP contribution is 2.23. The molecule has 0 bridgehead atoms. The topological polar surface area (TPSA) is 66.4 Å². The fourth-order valence-electron chi connectivity index (χ4n) is 2.03. The molecule has 0 heterocycles. The Hall–Kier alpha value is -1.32. The highest BCUT2D eigenvalue weighted by atomic mass is 16.4. The van der Waals surface area contributed by atoms with Crippen LogP contribution in [-0.2, 0) is 9.59 Å². The van der Waals surface area contributed by atoms with Crippen LogP contribution in [0.1, 0.15) is 45.4 Å². The maximum Gasteiger partial charge on any atom is 0.352 e. The average molecular weight is 225 g/mol. The highest BCUT2D eigenvalue weighted by molar-refractivity contribution is 5.93. The molecule has 1 amide bonds. The number of carboxylic acids is 1. The number of nitrogens with one attached hydrogen (secondary N) is 1. The molecular weight excluding hydrogens is 206 g/mol. The van der Waals surface area contributed by atoms with Gasteiger partial charge < -0.3 is 10.4 Å². The van der Waals surface area contributed by atoms with Crippen molar-refractivity contribution in [2.24, 2.45) is 5.92 Å². The summed E-state index contributed by atoms with van der Waals surface area (Å²) in [6, 6.07) is 0. The van der Waals surface area contributed by atoms with Gasteiger partial charge in [-0.05, 0) is 19.8 Å². The van der Waals surface area contributed by atoms with Gasteiger partial charge in [-0.1, -0.05) is 31.8 Å². The van der Waals surface area contributed by atoms with Gasteiger partial charge in [0, 0.05) is 5.92 Å². The lowest BCUT2D eigenvalue weighted by Crippen LogP contribution is -2.32. The first-order valence-electron chi connectivity index (χ1n) is 5.85. The van der Waals surface area contributed by atoms with E-state index < -0.39 is 5.97 Å². The van der Waals surface area contributed by atoms with E-state index in [1.807, 2.05) is 0 Å². The minimum atomic E-state index is -1.08. The van der Waals surface area contributed by atoms with Gasteiger partial charge >= 0.3 is 5.97 Å². The predicted molar refractivity (Wildman–Crippen MR) is 60.7 cm³/mol. The van der Waals surface area contributed by atoms with Crippen molar-refractivity contribution in [1.29, 1.82) is 0 Å². The van der Waals surface area contributed by atoms with Crippen molar-refractivity contribution in [1.82, 2.24) is 5.32 Å². The maximum atomic E-state index is 11.8. The summed E-state index contributed by atoms with van der Waals surface area (Å²) in [5.41, 5.74) is -0.0192. The SMILES string of the molecule is C/C=C(\NC(=O)C1CCCCCC1)C(=O)O. The third-order valence-corrected chi connectivity index (χ3v) is 3.00. The molecule has 0 radical (unpaired) electrons. The number of carbonyl (C=O) groups excluding carboxylic acids is 1. The molecule has 0 aromatic carbocycles. The second-order valence-corrected chi connectivity index (χ2v) is 4.19. The minimum absolute atomic E-state index is 0.0169. The van der Waals surface area contributed by atoms with E-state index in [9.17, 15) is 9.59 Å². The van der Waals surface area contributed by atoms with Gasteiger partial charge in [-0.15, -0.1) is 0 Å². The lowest BCUT2D eigenvalue weighted by molar-refractivity contribution is -0.135. The van der Waals surface area contributed by atoms with Crippen molar-refractivity contribution in [3.63, 3.8) is 0 Å². The largest absolute Gasteiger partial charge is 0.477 e. The molecule has 1 saturated carbocycles. The van der Waals surface area contributed by atoms with Crippen LogP contribution in [0.3, 0.4) is 0 Å². The van der Waals surface area contributed by atoms with Gasteiger partial charge in [0.2, 0.25) is 5.91 Å². The van der Waals surface area contributed by atoms with Crippen molar-refractivity contribution < 1.29 is 14.7 Å². The van der Waals surface area contributed by atoms with Gasteiger partial charge in [0.05, 0.1) is 0 Å². The molecule has 1 rings (SSSR count). The summed E-state index contributed by atoms with van der Waals surface area (Å²) in [6.45, 7) is 1.61. The Morgan fingerprint density at radius 1 is 1.19 bits per heavy atom. The molecule has 0 atom stereocenters. The molecule has 0 aliphatic heterocycles. The number of allylic oxidation sites excluding steroid dienone is 1. The first-order chi connectivity index (χ1) is 7.65. The molecule has 0 saturated heterocycles. The van der Waals surface area contributed by atoms with Crippen molar-refractivity contribution in [3.8, 4) is 0 Å². The van der Waals surface area contributed by atoms with Crippen LogP contribution in [0, 0.1) is 5.92 Å². The summed E-state index contributed by atoms with van der Waals surface area (Å²) in [5, 5.41) is 11.3. The van der Waals surface area contributed by atoms with Gasteiger partial charge in [-0.3, -0.25) is 4.79 Å². The van der Waals surface area contributed by atoms with E-state index in [4.69, 9.17) is 5.11 Å². The van der Waals surface area contributed by atoms with Crippen molar-refractivity contribution in [2.45, 2.75) is 45.4 Å². The molecule has 0 aromatic heterocycles. The van der Waals surface area contributed by atoms with E-state index in [0.717, 1.165) is 25.7 Å². The Morgan fingerprint density at radius 3 is 2.19 bits per heavy atom. The van der Waals surface area contributed by atoms with Crippen molar-refractivity contribution >= 4 is 11.9 Å². The second-order valence-electron chi connectivity index (χ2n) is 4.19. The molecule has 4 heteroatoms. The quantitative estimate of drug-likeness (QED) is 0.570. The van der Waals surface area contributed by atoms with E-state index in [1.165, 1.54) is 18.9 Å². The molecule has 2 N–H and O–H groups in total. The normalized spacial score (nSPS) is 18.9. The van der Waals surface area contributed by atoms with Crippen LogP contribution < -0.4 is 5.32 Å². The molecule has 90 valence electrons. The molecule has 0 aromatic rings. The van der Waals surface area contributed by atoms with E-state index in [1.54, 1.807) is 6.92 Å². The smallest absolute Gasteiger partial charge is 0.352 e. The zero-order chi connectivity index (χ0) is 12.0.